The van der Waals surface area contributed by atoms with Gasteiger partial charge >= 0.3 is 0 Å². The molecule has 2 aliphatic carbocycles. The van der Waals surface area contributed by atoms with Crippen molar-refractivity contribution in [1.29, 1.82) is 0 Å². The molecule has 2 aliphatic rings. The average molecular weight is 148 g/mol. The first-order valence-electron chi connectivity index (χ1n) is 4.65. The maximum absolute atomic E-state index is 3.97. The summed E-state index contributed by atoms with van der Waals surface area (Å²) in [6.07, 6.45) is 10.0. The summed E-state index contributed by atoms with van der Waals surface area (Å²) >= 11 is 0. The van der Waals surface area contributed by atoms with Crippen molar-refractivity contribution in [3.8, 4) is 0 Å². The van der Waals surface area contributed by atoms with Gasteiger partial charge in [0.25, 0.3) is 0 Å². The Bertz CT molecular complexity index is 212. The summed E-state index contributed by atoms with van der Waals surface area (Å²) in [6.45, 7) is 6.23. The first kappa shape index (κ1) is 7.15. The van der Waals surface area contributed by atoms with E-state index in [-0.39, 0.29) is 0 Å². The van der Waals surface area contributed by atoms with Gasteiger partial charge in [-0.2, -0.15) is 0 Å². The molecule has 0 heterocycles. The topological polar surface area (TPSA) is 0 Å². The van der Waals surface area contributed by atoms with Crippen LogP contribution in [0.5, 0.6) is 0 Å². The van der Waals surface area contributed by atoms with Crippen LogP contribution in [0.15, 0.2) is 24.3 Å². The Hall–Kier alpha value is -0.520. The molecule has 1 fully saturated rings. The van der Waals surface area contributed by atoms with Crippen molar-refractivity contribution in [2.24, 2.45) is 11.3 Å². The highest BCUT2D eigenvalue weighted by Gasteiger charge is 2.43. The van der Waals surface area contributed by atoms with Crippen LogP contribution in [0.3, 0.4) is 0 Å². The molecule has 0 N–H and O–H groups in total. The van der Waals surface area contributed by atoms with E-state index in [1.807, 2.05) is 0 Å². The molecule has 0 spiro atoms. The van der Waals surface area contributed by atoms with Gasteiger partial charge in [0.05, 0.1) is 0 Å². The highest BCUT2D eigenvalue weighted by Crippen LogP contribution is 2.55. The molecule has 0 aliphatic heterocycles. The van der Waals surface area contributed by atoms with Gasteiger partial charge in [0.15, 0.2) is 0 Å². The molecule has 0 nitrogen and oxygen atoms in total. The van der Waals surface area contributed by atoms with E-state index < -0.39 is 0 Å². The fraction of sp³-hybridized carbons (Fsp3) is 0.636. The predicted molar refractivity (Wildman–Crippen MR) is 48.3 cm³/mol. The van der Waals surface area contributed by atoms with Gasteiger partial charge in [-0.25, -0.2) is 0 Å². The normalized spacial score (nSPS) is 40.8. The van der Waals surface area contributed by atoms with E-state index in [4.69, 9.17) is 0 Å². The molecule has 2 rings (SSSR count). The highest BCUT2D eigenvalue weighted by atomic mass is 14.5. The molecule has 2 bridgehead atoms. The number of hydrogen-bond acceptors (Lipinski definition) is 0. The molecule has 2 atom stereocenters. The van der Waals surface area contributed by atoms with Crippen molar-refractivity contribution in [3.05, 3.63) is 24.3 Å². The van der Waals surface area contributed by atoms with Gasteiger partial charge < -0.3 is 0 Å². The molecular formula is C11H16. The second kappa shape index (κ2) is 2.23. The molecule has 1 saturated carbocycles. The van der Waals surface area contributed by atoms with Crippen molar-refractivity contribution < 1.29 is 0 Å². The molecule has 0 heteroatoms. The third-order valence-corrected chi connectivity index (χ3v) is 3.44. The maximum atomic E-state index is 3.97. The van der Waals surface area contributed by atoms with E-state index in [0.29, 0.717) is 5.41 Å². The second-order valence-electron chi connectivity index (χ2n) is 3.91. The standard InChI is InChI=1S/C11H16/c1-3-10-7-9-5-6-11(10,4-2)8-9/h4,7,9H,2-3,5-6,8H2,1H3. The van der Waals surface area contributed by atoms with Crippen LogP contribution >= 0.6 is 0 Å². The predicted octanol–water partition coefficient (Wildman–Crippen LogP) is 3.31. The number of fused-ring (bicyclic) bond motifs is 2. The van der Waals surface area contributed by atoms with Gasteiger partial charge in [-0.05, 0) is 31.6 Å². The van der Waals surface area contributed by atoms with Crippen LogP contribution < -0.4 is 0 Å². The molecule has 60 valence electrons. The van der Waals surface area contributed by atoms with E-state index in [0.717, 1.165) is 5.92 Å². The number of rotatable bonds is 2. The van der Waals surface area contributed by atoms with Gasteiger partial charge in [0, 0.05) is 5.41 Å². The lowest BCUT2D eigenvalue weighted by atomic mass is 9.79. The monoisotopic (exact) mass is 148 g/mol. The molecule has 0 aromatic heterocycles. The van der Waals surface area contributed by atoms with Crippen LogP contribution in [0, 0.1) is 11.3 Å². The van der Waals surface area contributed by atoms with Gasteiger partial charge in [0.2, 0.25) is 0 Å². The lowest BCUT2D eigenvalue weighted by Gasteiger charge is -2.25. The van der Waals surface area contributed by atoms with E-state index in [1.165, 1.54) is 25.7 Å². The number of hydrogen-bond donors (Lipinski definition) is 0. The van der Waals surface area contributed by atoms with Crippen molar-refractivity contribution >= 4 is 0 Å². The summed E-state index contributed by atoms with van der Waals surface area (Å²) in [5.74, 6) is 0.892. The Morgan fingerprint density at radius 3 is 3.09 bits per heavy atom. The molecule has 0 aromatic carbocycles. The molecular weight excluding hydrogens is 132 g/mol. The Morgan fingerprint density at radius 2 is 2.64 bits per heavy atom. The molecule has 0 saturated heterocycles. The fourth-order valence-electron chi connectivity index (χ4n) is 2.79. The Labute approximate surface area is 69.0 Å². The molecule has 0 amide bonds. The Balaban J connectivity index is 2.34. The SMILES string of the molecule is C=CC12CCC(C=C1CC)C2. The lowest BCUT2D eigenvalue weighted by molar-refractivity contribution is 0.479. The first-order chi connectivity index (χ1) is 5.30. The minimum atomic E-state index is 0.444. The third-order valence-electron chi connectivity index (χ3n) is 3.44. The van der Waals surface area contributed by atoms with Crippen molar-refractivity contribution in [3.63, 3.8) is 0 Å². The molecule has 0 radical (unpaired) electrons. The third kappa shape index (κ3) is 0.817. The first-order valence-corrected chi connectivity index (χ1v) is 4.65. The lowest BCUT2D eigenvalue weighted by Crippen LogP contribution is -2.13. The number of allylic oxidation sites excluding steroid dienone is 3. The minimum Gasteiger partial charge on any atom is -0.102 e. The summed E-state index contributed by atoms with van der Waals surface area (Å²) in [4.78, 5) is 0. The van der Waals surface area contributed by atoms with Crippen molar-refractivity contribution in [1.82, 2.24) is 0 Å². The van der Waals surface area contributed by atoms with Crippen LogP contribution in [0.25, 0.3) is 0 Å². The van der Waals surface area contributed by atoms with E-state index in [1.54, 1.807) is 5.57 Å². The summed E-state index contributed by atoms with van der Waals surface area (Å²) in [5, 5.41) is 0. The van der Waals surface area contributed by atoms with Crippen LogP contribution in [0.4, 0.5) is 0 Å². The highest BCUT2D eigenvalue weighted by molar-refractivity contribution is 5.31. The maximum Gasteiger partial charge on any atom is 0.00939 e. The molecule has 0 aromatic rings. The quantitative estimate of drug-likeness (QED) is 0.527. The molecule has 2 unspecified atom stereocenters. The van der Waals surface area contributed by atoms with Crippen LogP contribution in [0.2, 0.25) is 0 Å². The Kier molecular flexibility index (Phi) is 1.45. The summed E-state index contributed by atoms with van der Waals surface area (Å²) < 4.78 is 0. The van der Waals surface area contributed by atoms with Crippen molar-refractivity contribution in [2.75, 3.05) is 0 Å². The summed E-state index contributed by atoms with van der Waals surface area (Å²) in [5.41, 5.74) is 2.10. The zero-order valence-corrected chi connectivity index (χ0v) is 7.27. The second-order valence-corrected chi connectivity index (χ2v) is 3.91. The average Bonchev–Trinajstić information content (AvgIpc) is 2.60. The van der Waals surface area contributed by atoms with Gasteiger partial charge in [-0.3, -0.25) is 0 Å². The van der Waals surface area contributed by atoms with E-state index >= 15 is 0 Å². The zero-order chi connectivity index (χ0) is 7.90. The molecule has 11 heavy (non-hydrogen) atoms. The fourth-order valence-corrected chi connectivity index (χ4v) is 2.79. The largest absolute Gasteiger partial charge is 0.102 e. The zero-order valence-electron chi connectivity index (χ0n) is 7.27. The van der Waals surface area contributed by atoms with Gasteiger partial charge in [-0.1, -0.05) is 24.6 Å². The van der Waals surface area contributed by atoms with Crippen LogP contribution in [-0.4, -0.2) is 0 Å². The van der Waals surface area contributed by atoms with Crippen molar-refractivity contribution in [2.45, 2.75) is 32.6 Å². The minimum absolute atomic E-state index is 0.444. The van der Waals surface area contributed by atoms with Gasteiger partial charge in [-0.15, -0.1) is 6.58 Å². The Morgan fingerprint density at radius 1 is 1.82 bits per heavy atom. The van der Waals surface area contributed by atoms with Crippen LogP contribution in [0.1, 0.15) is 32.6 Å². The summed E-state index contributed by atoms with van der Waals surface area (Å²) in [6, 6.07) is 0. The van der Waals surface area contributed by atoms with E-state index in [2.05, 4.69) is 25.7 Å². The van der Waals surface area contributed by atoms with Gasteiger partial charge in [0.1, 0.15) is 0 Å². The van der Waals surface area contributed by atoms with Crippen LogP contribution in [-0.2, 0) is 0 Å². The van der Waals surface area contributed by atoms with E-state index in [9.17, 15) is 0 Å². The summed E-state index contributed by atoms with van der Waals surface area (Å²) in [7, 11) is 0. The smallest absolute Gasteiger partial charge is 0.00939 e.